The van der Waals surface area contributed by atoms with Crippen LogP contribution in [0, 0.1) is 0 Å². The number of nitrogens with zero attached hydrogens (tertiary/aromatic N) is 6. The second-order valence-corrected chi connectivity index (χ2v) is 7.14. The first-order valence-electron chi connectivity index (χ1n) is 9.26. The third-order valence-electron chi connectivity index (χ3n) is 4.88. The van der Waals surface area contributed by atoms with Gasteiger partial charge in [0.25, 0.3) is 0 Å². The largest absolute Gasteiger partial charge is 0.353 e. The van der Waals surface area contributed by atoms with Gasteiger partial charge in [-0.25, -0.2) is 15.0 Å². The number of piperazine rings is 1. The van der Waals surface area contributed by atoms with Crippen molar-refractivity contribution < 1.29 is 4.79 Å². The Balaban J connectivity index is 1.32. The fourth-order valence-corrected chi connectivity index (χ4v) is 3.55. The van der Waals surface area contributed by atoms with Crippen LogP contribution in [0.2, 0.25) is 5.02 Å². The monoisotopic (exact) mass is 396 g/mol. The summed E-state index contributed by atoms with van der Waals surface area (Å²) >= 11 is 6.01. The van der Waals surface area contributed by atoms with Crippen molar-refractivity contribution in [3.05, 3.63) is 66.0 Å². The Kier molecular flexibility index (Phi) is 5.53. The molecule has 1 fully saturated rings. The van der Waals surface area contributed by atoms with Crippen LogP contribution in [-0.4, -0.2) is 56.5 Å². The van der Waals surface area contributed by atoms with Crippen LogP contribution in [0.15, 0.2) is 55.4 Å². The van der Waals surface area contributed by atoms with Crippen molar-refractivity contribution >= 4 is 23.3 Å². The zero-order valence-electron chi connectivity index (χ0n) is 15.4. The van der Waals surface area contributed by atoms with E-state index in [0.717, 1.165) is 30.3 Å². The van der Waals surface area contributed by atoms with Crippen LogP contribution < -0.4 is 4.90 Å². The van der Waals surface area contributed by atoms with E-state index in [1.807, 2.05) is 46.0 Å². The van der Waals surface area contributed by atoms with Gasteiger partial charge in [0.05, 0.1) is 0 Å². The maximum absolute atomic E-state index is 12.5. The summed E-state index contributed by atoms with van der Waals surface area (Å²) in [5.41, 5.74) is 1.09. The van der Waals surface area contributed by atoms with Crippen LogP contribution in [0.5, 0.6) is 0 Å². The SMILES string of the molecule is O=C(CCc1cccc(Cl)c1)N1CCN(c2cc(-n3ccnc3)ncn2)CC1. The van der Waals surface area contributed by atoms with Crippen molar-refractivity contribution in [2.45, 2.75) is 12.8 Å². The molecule has 1 saturated heterocycles. The molecule has 0 N–H and O–H groups in total. The first-order valence-corrected chi connectivity index (χ1v) is 9.64. The number of imidazole rings is 1. The highest BCUT2D eigenvalue weighted by molar-refractivity contribution is 6.30. The van der Waals surface area contributed by atoms with E-state index in [1.54, 1.807) is 18.9 Å². The molecule has 0 radical (unpaired) electrons. The molecule has 3 heterocycles. The van der Waals surface area contributed by atoms with Crippen LogP contribution in [0.25, 0.3) is 5.82 Å². The van der Waals surface area contributed by atoms with E-state index in [2.05, 4.69) is 19.9 Å². The third kappa shape index (κ3) is 4.31. The van der Waals surface area contributed by atoms with Crippen LogP contribution >= 0.6 is 11.6 Å². The number of carbonyl (C=O) groups is 1. The van der Waals surface area contributed by atoms with E-state index in [1.165, 1.54) is 0 Å². The van der Waals surface area contributed by atoms with Gasteiger partial charge in [0.1, 0.15) is 24.3 Å². The molecule has 1 aliphatic rings. The minimum Gasteiger partial charge on any atom is -0.353 e. The first-order chi connectivity index (χ1) is 13.7. The van der Waals surface area contributed by atoms with Gasteiger partial charge in [-0.15, -0.1) is 0 Å². The summed E-state index contributed by atoms with van der Waals surface area (Å²) < 4.78 is 1.85. The lowest BCUT2D eigenvalue weighted by Gasteiger charge is -2.35. The van der Waals surface area contributed by atoms with Crippen LogP contribution in [-0.2, 0) is 11.2 Å². The van der Waals surface area contributed by atoms with Crippen molar-refractivity contribution in [2.24, 2.45) is 0 Å². The lowest BCUT2D eigenvalue weighted by atomic mass is 10.1. The molecular formula is C20H21ClN6O. The molecule has 3 aromatic rings. The molecule has 1 amide bonds. The average Bonchev–Trinajstić information content (AvgIpc) is 3.27. The molecule has 2 aromatic heterocycles. The van der Waals surface area contributed by atoms with Gasteiger partial charge in [0.2, 0.25) is 5.91 Å². The molecule has 28 heavy (non-hydrogen) atoms. The highest BCUT2D eigenvalue weighted by atomic mass is 35.5. The summed E-state index contributed by atoms with van der Waals surface area (Å²) in [5, 5.41) is 0.707. The highest BCUT2D eigenvalue weighted by Gasteiger charge is 2.22. The summed E-state index contributed by atoms with van der Waals surface area (Å²) in [6.07, 6.45) is 8.05. The fourth-order valence-electron chi connectivity index (χ4n) is 3.33. The molecule has 0 unspecified atom stereocenters. The van der Waals surface area contributed by atoms with E-state index in [0.29, 0.717) is 31.0 Å². The normalized spacial score (nSPS) is 14.3. The summed E-state index contributed by atoms with van der Waals surface area (Å²) in [6.45, 7) is 2.89. The van der Waals surface area contributed by atoms with Crippen LogP contribution in [0.4, 0.5) is 5.82 Å². The molecule has 0 atom stereocenters. The summed E-state index contributed by atoms with van der Waals surface area (Å²) in [7, 11) is 0. The number of aromatic nitrogens is 4. The number of aryl methyl sites for hydroxylation is 1. The van der Waals surface area contributed by atoms with Gasteiger partial charge in [-0.1, -0.05) is 23.7 Å². The van der Waals surface area contributed by atoms with Crippen LogP contribution in [0.1, 0.15) is 12.0 Å². The lowest BCUT2D eigenvalue weighted by molar-refractivity contribution is -0.131. The van der Waals surface area contributed by atoms with Crippen molar-refractivity contribution in [1.29, 1.82) is 0 Å². The Hall–Kier alpha value is -2.93. The van der Waals surface area contributed by atoms with E-state index in [4.69, 9.17) is 11.6 Å². The summed E-state index contributed by atoms with van der Waals surface area (Å²) in [5.74, 6) is 1.83. The van der Waals surface area contributed by atoms with Gasteiger partial charge in [-0.05, 0) is 24.1 Å². The molecule has 144 valence electrons. The Morgan fingerprint density at radius 1 is 1.07 bits per heavy atom. The Morgan fingerprint density at radius 3 is 2.64 bits per heavy atom. The van der Waals surface area contributed by atoms with E-state index in [-0.39, 0.29) is 5.91 Å². The highest BCUT2D eigenvalue weighted by Crippen LogP contribution is 2.17. The molecule has 1 aromatic carbocycles. The molecule has 0 saturated carbocycles. The number of amides is 1. The predicted octanol–water partition coefficient (Wildman–Crippen LogP) is 2.60. The maximum Gasteiger partial charge on any atom is 0.223 e. The second-order valence-electron chi connectivity index (χ2n) is 6.70. The topological polar surface area (TPSA) is 67.2 Å². The zero-order valence-corrected chi connectivity index (χ0v) is 16.2. The Labute approximate surface area is 168 Å². The molecule has 1 aliphatic heterocycles. The van der Waals surface area contributed by atoms with Crippen molar-refractivity contribution in [3.8, 4) is 5.82 Å². The van der Waals surface area contributed by atoms with E-state index in [9.17, 15) is 4.79 Å². The van der Waals surface area contributed by atoms with Crippen molar-refractivity contribution in [1.82, 2.24) is 24.4 Å². The number of anilines is 1. The van der Waals surface area contributed by atoms with E-state index < -0.39 is 0 Å². The van der Waals surface area contributed by atoms with Gasteiger partial charge >= 0.3 is 0 Å². The van der Waals surface area contributed by atoms with Crippen molar-refractivity contribution in [3.63, 3.8) is 0 Å². The number of carbonyl (C=O) groups excluding carboxylic acids is 1. The molecule has 4 rings (SSSR count). The Bertz CT molecular complexity index is 937. The lowest BCUT2D eigenvalue weighted by Crippen LogP contribution is -2.49. The van der Waals surface area contributed by atoms with Crippen molar-refractivity contribution in [2.75, 3.05) is 31.1 Å². The minimum atomic E-state index is 0.182. The summed E-state index contributed by atoms with van der Waals surface area (Å²) in [6, 6.07) is 9.63. The van der Waals surface area contributed by atoms with Gasteiger partial charge < -0.3 is 9.80 Å². The predicted molar refractivity (Wildman–Crippen MR) is 108 cm³/mol. The quantitative estimate of drug-likeness (QED) is 0.663. The smallest absolute Gasteiger partial charge is 0.223 e. The first kappa shape index (κ1) is 18.4. The second kappa shape index (κ2) is 8.39. The molecule has 0 bridgehead atoms. The van der Waals surface area contributed by atoms with E-state index >= 15 is 0 Å². The maximum atomic E-state index is 12.5. The van der Waals surface area contributed by atoms with Gasteiger partial charge in [-0.3, -0.25) is 9.36 Å². The zero-order chi connectivity index (χ0) is 19.3. The number of rotatable bonds is 5. The third-order valence-corrected chi connectivity index (χ3v) is 5.12. The fraction of sp³-hybridized carbons (Fsp3) is 0.300. The Morgan fingerprint density at radius 2 is 1.89 bits per heavy atom. The van der Waals surface area contributed by atoms with Gasteiger partial charge in [0.15, 0.2) is 0 Å². The minimum absolute atomic E-state index is 0.182. The number of benzene rings is 1. The number of halogens is 1. The molecule has 8 heteroatoms. The van der Waals surface area contributed by atoms with Crippen LogP contribution in [0.3, 0.4) is 0 Å². The molecule has 0 spiro atoms. The summed E-state index contributed by atoms with van der Waals surface area (Å²) in [4.78, 5) is 29.4. The number of hydrogen-bond donors (Lipinski definition) is 0. The van der Waals surface area contributed by atoms with Gasteiger partial charge in [-0.2, -0.15) is 0 Å². The standard InChI is InChI=1S/C20H21ClN6O/c21-17-3-1-2-16(12-17)4-5-20(28)26-10-8-25(9-11-26)18-13-19(24-14-23-18)27-7-6-22-15-27/h1-3,6-7,12-15H,4-5,8-11H2. The molecular weight excluding hydrogens is 376 g/mol. The molecule has 7 nitrogen and oxygen atoms in total. The molecule has 0 aliphatic carbocycles. The van der Waals surface area contributed by atoms with Gasteiger partial charge in [0, 0.05) is 56.1 Å². The average molecular weight is 397 g/mol. The number of hydrogen-bond acceptors (Lipinski definition) is 5.